The molecule has 0 aliphatic carbocycles. The Bertz CT molecular complexity index is 513. The van der Waals surface area contributed by atoms with Gasteiger partial charge in [-0.05, 0) is 18.5 Å². The molecule has 0 bridgehead atoms. The fourth-order valence-electron chi connectivity index (χ4n) is 1.60. The van der Waals surface area contributed by atoms with E-state index in [0.29, 0.717) is 24.6 Å². The van der Waals surface area contributed by atoms with Gasteiger partial charge < -0.3 is 14.6 Å². The first kappa shape index (κ1) is 12.1. The van der Waals surface area contributed by atoms with Crippen LogP contribution in [0.25, 0.3) is 11.2 Å². The summed E-state index contributed by atoms with van der Waals surface area (Å²) in [5.41, 5.74) is 1.45. The quantitative estimate of drug-likeness (QED) is 0.822. The Hall–Kier alpha value is -1.40. The maximum atomic E-state index is 5.84. The first-order chi connectivity index (χ1) is 8.26. The van der Waals surface area contributed by atoms with Crippen LogP contribution in [-0.2, 0) is 11.3 Å². The second-order valence-electron chi connectivity index (χ2n) is 3.47. The van der Waals surface area contributed by atoms with Crippen molar-refractivity contribution in [2.24, 2.45) is 0 Å². The summed E-state index contributed by atoms with van der Waals surface area (Å²) in [5, 5.41) is 3.36. The number of halogens is 1. The van der Waals surface area contributed by atoms with E-state index in [0.717, 1.165) is 12.1 Å². The minimum absolute atomic E-state index is 0.199. The molecule has 0 unspecified atom stereocenters. The Morgan fingerprint density at radius 3 is 3.00 bits per heavy atom. The summed E-state index contributed by atoms with van der Waals surface area (Å²) in [6.45, 7) is 4.08. The van der Waals surface area contributed by atoms with Crippen molar-refractivity contribution in [3.8, 4) is 0 Å². The van der Waals surface area contributed by atoms with E-state index in [1.807, 2.05) is 11.5 Å². The largest absolute Gasteiger partial charge is 0.383 e. The highest BCUT2D eigenvalue weighted by atomic mass is 35.5. The Morgan fingerprint density at radius 2 is 2.29 bits per heavy atom. The minimum Gasteiger partial charge on any atom is -0.383 e. The van der Waals surface area contributed by atoms with E-state index < -0.39 is 0 Å². The molecular formula is C10H14ClN5O. The third-order valence-corrected chi connectivity index (χ3v) is 2.49. The molecule has 0 spiro atoms. The summed E-state index contributed by atoms with van der Waals surface area (Å²) < 4.78 is 7.00. The number of fused-ring (bicyclic) bond motifs is 1. The molecule has 2 rings (SSSR count). The molecule has 2 aromatic heterocycles. The van der Waals surface area contributed by atoms with Crippen LogP contribution < -0.4 is 5.32 Å². The molecule has 17 heavy (non-hydrogen) atoms. The van der Waals surface area contributed by atoms with Crippen LogP contribution in [0.1, 0.15) is 6.92 Å². The second-order valence-corrected chi connectivity index (χ2v) is 3.81. The van der Waals surface area contributed by atoms with Gasteiger partial charge in [0.05, 0.1) is 12.9 Å². The molecule has 0 aromatic carbocycles. The number of hydrogen-bond acceptors (Lipinski definition) is 5. The zero-order valence-corrected chi connectivity index (χ0v) is 10.5. The lowest BCUT2D eigenvalue weighted by Gasteiger charge is -2.08. The first-order valence-corrected chi connectivity index (χ1v) is 5.75. The van der Waals surface area contributed by atoms with Gasteiger partial charge in [-0.15, -0.1) is 0 Å². The van der Waals surface area contributed by atoms with Gasteiger partial charge in [0.15, 0.2) is 11.5 Å². The van der Waals surface area contributed by atoms with Gasteiger partial charge in [0.2, 0.25) is 5.28 Å². The number of nitrogens with one attached hydrogen (secondary N) is 1. The molecule has 6 nitrogen and oxygen atoms in total. The summed E-state index contributed by atoms with van der Waals surface area (Å²) in [6, 6.07) is 0. The van der Waals surface area contributed by atoms with Crippen LogP contribution >= 0.6 is 11.6 Å². The molecule has 7 heteroatoms. The van der Waals surface area contributed by atoms with Crippen LogP contribution in [0.15, 0.2) is 6.33 Å². The van der Waals surface area contributed by atoms with Crippen LogP contribution in [-0.4, -0.2) is 39.8 Å². The smallest absolute Gasteiger partial charge is 0.226 e. The van der Waals surface area contributed by atoms with Gasteiger partial charge in [-0.2, -0.15) is 9.97 Å². The van der Waals surface area contributed by atoms with Crippen molar-refractivity contribution in [3.63, 3.8) is 0 Å². The number of methoxy groups -OCH3 is 1. The molecule has 0 fully saturated rings. The molecule has 1 N–H and O–H groups in total. The molecule has 0 aliphatic rings. The number of hydrogen-bond donors (Lipinski definition) is 1. The van der Waals surface area contributed by atoms with E-state index in [1.165, 1.54) is 0 Å². The summed E-state index contributed by atoms with van der Waals surface area (Å²) in [7, 11) is 1.66. The van der Waals surface area contributed by atoms with Crippen LogP contribution in [0, 0.1) is 0 Å². The van der Waals surface area contributed by atoms with E-state index in [2.05, 4.69) is 20.3 Å². The molecule has 0 atom stereocenters. The molecule has 2 heterocycles. The van der Waals surface area contributed by atoms with Crippen molar-refractivity contribution in [1.82, 2.24) is 19.5 Å². The molecule has 0 saturated carbocycles. The summed E-state index contributed by atoms with van der Waals surface area (Å²) >= 11 is 5.84. The van der Waals surface area contributed by atoms with Crippen molar-refractivity contribution in [2.75, 3.05) is 25.6 Å². The predicted octanol–water partition coefficient (Wildman–Crippen LogP) is 1.56. The van der Waals surface area contributed by atoms with E-state index in [9.17, 15) is 0 Å². The Balaban J connectivity index is 2.48. The van der Waals surface area contributed by atoms with Crippen LogP contribution in [0.3, 0.4) is 0 Å². The highest BCUT2D eigenvalue weighted by Gasteiger charge is 2.11. The SMILES string of the molecule is CCNc1nc(Cl)nc2ncn(CCOC)c12. The van der Waals surface area contributed by atoms with Gasteiger partial charge >= 0.3 is 0 Å². The van der Waals surface area contributed by atoms with Gasteiger partial charge in [0, 0.05) is 20.2 Å². The fourth-order valence-corrected chi connectivity index (χ4v) is 1.77. The summed E-state index contributed by atoms with van der Waals surface area (Å²) in [4.78, 5) is 12.5. The lowest BCUT2D eigenvalue weighted by Crippen LogP contribution is -2.07. The van der Waals surface area contributed by atoms with Crippen LogP contribution in [0.4, 0.5) is 5.82 Å². The van der Waals surface area contributed by atoms with Crippen molar-refractivity contribution >= 4 is 28.6 Å². The zero-order valence-electron chi connectivity index (χ0n) is 9.77. The number of rotatable bonds is 5. The average molecular weight is 256 g/mol. The monoisotopic (exact) mass is 255 g/mol. The Kier molecular flexibility index (Phi) is 3.75. The minimum atomic E-state index is 0.199. The first-order valence-electron chi connectivity index (χ1n) is 5.37. The van der Waals surface area contributed by atoms with Gasteiger partial charge in [0.1, 0.15) is 5.52 Å². The number of nitrogens with zero attached hydrogens (tertiary/aromatic N) is 4. The van der Waals surface area contributed by atoms with Crippen molar-refractivity contribution in [2.45, 2.75) is 13.5 Å². The van der Waals surface area contributed by atoms with Gasteiger partial charge in [-0.3, -0.25) is 0 Å². The van der Waals surface area contributed by atoms with Crippen molar-refractivity contribution in [3.05, 3.63) is 11.6 Å². The van der Waals surface area contributed by atoms with Gasteiger partial charge in [-0.25, -0.2) is 4.98 Å². The van der Waals surface area contributed by atoms with Crippen molar-refractivity contribution < 1.29 is 4.74 Å². The van der Waals surface area contributed by atoms with E-state index in [1.54, 1.807) is 13.4 Å². The van der Waals surface area contributed by atoms with Crippen LogP contribution in [0.2, 0.25) is 5.28 Å². The standard InChI is InChI=1S/C10H14ClN5O/c1-3-12-8-7-9(15-10(11)14-8)13-6-16(7)4-5-17-2/h6H,3-5H2,1-2H3,(H,12,14,15). The summed E-state index contributed by atoms with van der Waals surface area (Å²) in [6.07, 6.45) is 1.72. The number of imidazole rings is 1. The highest BCUT2D eigenvalue weighted by molar-refractivity contribution is 6.28. The number of ether oxygens (including phenoxy) is 1. The second kappa shape index (κ2) is 5.29. The Morgan fingerprint density at radius 1 is 1.47 bits per heavy atom. The normalized spacial score (nSPS) is 11.0. The maximum Gasteiger partial charge on any atom is 0.226 e. The lowest BCUT2D eigenvalue weighted by atomic mass is 10.4. The topological polar surface area (TPSA) is 64.9 Å². The molecule has 0 radical (unpaired) electrons. The van der Waals surface area contributed by atoms with Crippen molar-refractivity contribution in [1.29, 1.82) is 0 Å². The molecule has 2 aromatic rings. The number of aromatic nitrogens is 4. The van der Waals surface area contributed by atoms with Gasteiger partial charge in [-0.1, -0.05) is 0 Å². The molecule has 92 valence electrons. The van der Waals surface area contributed by atoms with Gasteiger partial charge in [0.25, 0.3) is 0 Å². The average Bonchev–Trinajstić information content (AvgIpc) is 2.69. The third-order valence-electron chi connectivity index (χ3n) is 2.33. The van der Waals surface area contributed by atoms with E-state index in [4.69, 9.17) is 16.3 Å². The Labute approximate surface area is 104 Å². The molecular weight excluding hydrogens is 242 g/mol. The van der Waals surface area contributed by atoms with E-state index in [-0.39, 0.29) is 5.28 Å². The summed E-state index contributed by atoms with van der Waals surface area (Å²) in [5.74, 6) is 0.705. The molecule has 0 amide bonds. The highest BCUT2D eigenvalue weighted by Crippen LogP contribution is 2.21. The molecule has 0 saturated heterocycles. The zero-order chi connectivity index (χ0) is 12.3. The molecule has 0 aliphatic heterocycles. The number of anilines is 1. The maximum absolute atomic E-state index is 5.84. The fraction of sp³-hybridized carbons (Fsp3) is 0.500. The predicted molar refractivity (Wildman–Crippen MR) is 66.4 cm³/mol. The lowest BCUT2D eigenvalue weighted by molar-refractivity contribution is 0.188. The van der Waals surface area contributed by atoms with E-state index >= 15 is 0 Å². The van der Waals surface area contributed by atoms with Crippen LogP contribution in [0.5, 0.6) is 0 Å². The third kappa shape index (κ3) is 2.48.